The second-order valence-corrected chi connectivity index (χ2v) is 8.54. The van der Waals surface area contributed by atoms with Crippen molar-refractivity contribution in [2.75, 3.05) is 44.2 Å². The van der Waals surface area contributed by atoms with E-state index in [1.165, 1.54) is 16.4 Å². The number of nitro groups is 1. The molecule has 2 rings (SSSR count). The number of benzene rings is 1. The van der Waals surface area contributed by atoms with Crippen LogP contribution in [0.3, 0.4) is 0 Å². The molecule has 1 aliphatic rings. The van der Waals surface area contributed by atoms with Crippen molar-refractivity contribution in [1.29, 1.82) is 0 Å². The first-order chi connectivity index (χ1) is 13.1. The number of amides is 1. The zero-order valence-corrected chi connectivity index (χ0v) is 17.2. The number of anilines is 1. The molecule has 156 valence electrons. The van der Waals surface area contributed by atoms with Crippen LogP contribution in [0.15, 0.2) is 23.1 Å². The van der Waals surface area contributed by atoms with Gasteiger partial charge in [-0.2, -0.15) is 4.31 Å². The van der Waals surface area contributed by atoms with E-state index >= 15 is 0 Å². The molecule has 0 aliphatic carbocycles. The maximum absolute atomic E-state index is 12.7. The Bertz CT molecular complexity index is 832. The van der Waals surface area contributed by atoms with Gasteiger partial charge in [-0.25, -0.2) is 8.42 Å². The number of piperazine rings is 1. The van der Waals surface area contributed by atoms with E-state index in [1.807, 2.05) is 9.80 Å². The molecule has 0 unspecified atom stereocenters. The molecule has 0 radical (unpaired) electrons. The maximum Gasteiger partial charge on any atom is 0.293 e. The van der Waals surface area contributed by atoms with E-state index in [2.05, 4.69) is 0 Å². The summed E-state index contributed by atoms with van der Waals surface area (Å²) in [6.07, 6.45) is 0. The van der Waals surface area contributed by atoms with E-state index in [9.17, 15) is 23.3 Å². The van der Waals surface area contributed by atoms with Gasteiger partial charge in [0, 0.05) is 45.3 Å². The minimum atomic E-state index is -3.78. The molecule has 1 saturated heterocycles. The van der Waals surface area contributed by atoms with Crippen LogP contribution < -0.4 is 10.6 Å². The third kappa shape index (κ3) is 4.42. The molecule has 2 N–H and O–H groups in total. The quantitative estimate of drug-likeness (QED) is 0.488. The summed E-state index contributed by atoms with van der Waals surface area (Å²) < 4.78 is 26.6. The Kier molecular flexibility index (Phi) is 6.96. The molecule has 0 aromatic heterocycles. The lowest BCUT2D eigenvalue weighted by Crippen LogP contribution is -2.53. The van der Waals surface area contributed by atoms with E-state index in [0.717, 1.165) is 6.07 Å². The Balaban J connectivity index is 2.30. The van der Waals surface area contributed by atoms with E-state index in [0.29, 0.717) is 31.9 Å². The van der Waals surface area contributed by atoms with E-state index in [-0.39, 0.29) is 23.7 Å². The highest BCUT2D eigenvalue weighted by atomic mass is 32.2. The zero-order valence-electron chi connectivity index (χ0n) is 16.4. The molecule has 11 heteroatoms. The van der Waals surface area contributed by atoms with Crippen molar-refractivity contribution in [3.8, 4) is 0 Å². The number of nitrogens with zero attached hydrogens (tertiary/aromatic N) is 4. The fourth-order valence-corrected chi connectivity index (χ4v) is 4.80. The fourth-order valence-electron chi connectivity index (χ4n) is 3.32. The topological polar surface area (TPSA) is 130 Å². The van der Waals surface area contributed by atoms with Gasteiger partial charge in [0.05, 0.1) is 15.9 Å². The van der Waals surface area contributed by atoms with Crippen LogP contribution in [0.25, 0.3) is 0 Å². The number of hydrogen-bond acceptors (Lipinski definition) is 7. The van der Waals surface area contributed by atoms with Crippen LogP contribution in [0.1, 0.15) is 20.8 Å². The molecule has 1 fully saturated rings. The number of nitro benzene ring substituents is 1. The fraction of sp³-hybridized carbons (Fsp3) is 0.588. The van der Waals surface area contributed by atoms with Gasteiger partial charge in [0.2, 0.25) is 15.9 Å². The van der Waals surface area contributed by atoms with Crippen LogP contribution in [-0.4, -0.2) is 73.8 Å². The molecule has 1 atom stereocenters. The Morgan fingerprint density at radius 2 is 1.82 bits per heavy atom. The SMILES string of the molecule is CCN(CC)S(=O)(=O)c1ccc(N2CCN([C@H](C)C(N)=O)CC2)c([N+](=O)[O-])c1. The molecule has 10 nitrogen and oxygen atoms in total. The number of nitrogens with two attached hydrogens (primary N) is 1. The summed E-state index contributed by atoms with van der Waals surface area (Å²) in [5, 5.41) is 11.6. The highest BCUT2D eigenvalue weighted by Crippen LogP contribution is 2.32. The molecule has 1 aliphatic heterocycles. The first-order valence-electron chi connectivity index (χ1n) is 9.20. The molecule has 1 aromatic carbocycles. The lowest BCUT2D eigenvalue weighted by molar-refractivity contribution is -0.384. The van der Waals surface area contributed by atoms with Gasteiger partial charge in [0.25, 0.3) is 5.69 Å². The summed E-state index contributed by atoms with van der Waals surface area (Å²) in [5.74, 6) is -0.412. The number of sulfonamides is 1. The average molecular weight is 414 g/mol. The van der Waals surface area contributed by atoms with Gasteiger partial charge >= 0.3 is 0 Å². The van der Waals surface area contributed by atoms with Crippen molar-refractivity contribution >= 4 is 27.3 Å². The van der Waals surface area contributed by atoms with Crippen molar-refractivity contribution in [3.05, 3.63) is 28.3 Å². The minimum Gasteiger partial charge on any atom is -0.368 e. The second-order valence-electron chi connectivity index (χ2n) is 6.60. The van der Waals surface area contributed by atoms with Crippen LogP contribution in [0.5, 0.6) is 0 Å². The van der Waals surface area contributed by atoms with Crippen molar-refractivity contribution in [2.24, 2.45) is 5.73 Å². The van der Waals surface area contributed by atoms with Crippen LogP contribution in [0.2, 0.25) is 0 Å². The number of rotatable bonds is 8. The van der Waals surface area contributed by atoms with Gasteiger partial charge in [0.15, 0.2) is 0 Å². The van der Waals surface area contributed by atoms with Crippen LogP contribution in [0, 0.1) is 10.1 Å². The summed E-state index contributed by atoms with van der Waals surface area (Å²) in [4.78, 5) is 26.1. The molecule has 28 heavy (non-hydrogen) atoms. The monoisotopic (exact) mass is 413 g/mol. The third-order valence-corrected chi connectivity index (χ3v) is 7.15. The standard InChI is InChI=1S/C17H27N5O5S/c1-4-21(5-2)28(26,27)14-6-7-15(16(12-14)22(24)25)20-10-8-19(9-11-20)13(3)17(18)23/h6-7,12-13H,4-5,8-11H2,1-3H3,(H2,18,23)/t13-/m1/s1. The van der Waals surface area contributed by atoms with Gasteiger partial charge in [-0.3, -0.25) is 19.8 Å². The molecular weight excluding hydrogens is 386 g/mol. The average Bonchev–Trinajstić information content (AvgIpc) is 2.67. The lowest BCUT2D eigenvalue weighted by Gasteiger charge is -2.37. The molecule has 1 amide bonds. The number of hydrogen-bond donors (Lipinski definition) is 1. The number of carbonyl (C=O) groups excluding carboxylic acids is 1. The normalized spacial score (nSPS) is 16.9. The molecular formula is C17H27N5O5S. The zero-order chi connectivity index (χ0) is 21.1. The van der Waals surface area contributed by atoms with Crippen LogP contribution in [0.4, 0.5) is 11.4 Å². The van der Waals surface area contributed by atoms with Gasteiger partial charge in [0.1, 0.15) is 5.69 Å². The first-order valence-corrected chi connectivity index (χ1v) is 10.6. The Hall–Kier alpha value is -2.24. The molecule has 1 aromatic rings. The Labute approximate surface area is 165 Å². The number of primary amides is 1. The summed E-state index contributed by atoms with van der Waals surface area (Å²) in [6.45, 7) is 7.74. The van der Waals surface area contributed by atoms with Gasteiger partial charge in [-0.1, -0.05) is 13.8 Å². The van der Waals surface area contributed by atoms with Gasteiger partial charge in [-0.05, 0) is 19.1 Å². The van der Waals surface area contributed by atoms with Crippen molar-refractivity contribution in [1.82, 2.24) is 9.21 Å². The summed E-state index contributed by atoms with van der Waals surface area (Å²) in [7, 11) is -3.78. The van der Waals surface area contributed by atoms with E-state index in [4.69, 9.17) is 5.73 Å². The van der Waals surface area contributed by atoms with Crippen molar-refractivity contribution in [2.45, 2.75) is 31.7 Å². The largest absolute Gasteiger partial charge is 0.368 e. The summed E-state index contributed by atoms with van der Waals surface area (Å²) >= 11 is 0. The molecule has 0 saturated carbocycles. The van der Waals surface area contributed by atoms with E-state index in [1.54, 1.807) is 20.8 Å². The first kappa shape index (κ1) is 22.1. The predicted octanol–water partition coefficient (Wildman–Crippen LogP) is 0.621. The maximum atomic E-state index is 12.7. The van der Waals surface area contributed by atoms with Gasteiger partial charge in [-0.15, -0.1) is 0 Å². The predicted molar refractivity (Wildman–Crippen MR) is 106 cm³/mol. The van der Waals surface area contributed by atoms with E-state index < -0.39 is 26.9 Å². The highest BCUT2D eigenvalue weighted by Gasteiger charge is 2.30. The number of carbonyl (C=O) groups is 1. The Morgan fingerprint density at radius 3 is 2.29 bits per heavy atom. The Morgan fingerprint density at radius 1 is 1.25 bits per heavy atom. The molecule has 0 bridgehead atoms. The lowest BCUT2D eigenvalue weighted by atomic mass is 10.2. The highest BCUT2D eigenvalue weighted by molar-refractivity contribution is 7.89. The van der Waals surface area contributed by atoms with Crippen molar-refractivity contribution in [3.63, 3.8) is 0 Å². The molecule has 1 heterocycles. The van der Waals surface area contributed by atoms with Crippen LogP contribution >= 0.6 is 0 Å². The molecule has 0 spiro atoms. The summed E-state index contributed by atoms with van der Waals surface area (Å²) in [6, 6.07) is 3.62. The minimum absolute atomic E-state index is 0.0902. The summed E-state index contributed by atoms with van der Waals surface area (Å²) in [5.41, 5.74) is 5.46. The van der Waals surface area contributed by atoms with Crippen LogP contribution in [-0.2, 0) is 14.8 Å². The smallest absolute Gasteiger partial charge is 0.293 e. The second kappa shape index (κ2) is 8.84. The van der Waals surface area contributed by atoms with Crippen molar-refractivity contribution < 1.29 is 18.1 Å². The third-order valence-electron chi connectivity index (χ3n) is 5.10. The van der Waals surface area contributed by atoms with Gasteiger partial charge < -0.3 is 10.6 Å².